The number of amides is 1. The van der Waals surface area contributed by atoms with Crippen LogP contribution in [0.1, 0.15) is 32.3 Å². The fraction of sp³-hybridized carbons (Fsp3) is 0.389. The monoisotopic (exact) mass is 293 g/mol. The molecular weight excluding hydrogens is 274 g/mol. The third-order valence-electron chi connectivity index (χ3n) is 4.33. The van der Waals surface area contributed by atoms with Gasteiger partial charge in [0.05, 0.1) is 18.2 Å². The van der Waals surface area contributed by atoms with Gasteiger partial charge in [-0.1, -0.05) is 48.9 Å². The standard InChI is InChI=1S/C18H19N3O/c1-12-9-13(2)17(21-14(3)22)18(10-19,11-20)16(12)15-7-5-4-6-8-15/h4-9,12,16-17H,1-3H3,(H,21,22)/t12-,16+,17+/m0/s1. The predicted octanol–water partition coefficient (Wildman–Crippen LogP) is 2.90. The second-order valence-electron chi connectivity index (χ2n) is 5.88. The minimum atomic E-state index is -1.31. The van der Waals surface area contributed by atoms with E-state index in [1.54, 1.807) is 0 Å². The van der Waals surface area contributed by atoms with Gasteiger partial charge in [-0.05, 0) is 18.4 Å². The van der Waals surface area contributed by atoms with Crippen molar-refractivity contribution in [2.45, 2.75) is 32.7 Å². The predicted molar refractivity (Wildman–Crippen MR) is 83.4 cm³/mol. The Morgan fingerprint density at radius 2 is 1.82 bits per heavy atom. The molecule has 1 aliphatic carbocycles. The van der Waals surface area contributed by atoms with Gasteiger partial charge in [0.1, 0.15) is 0 Å². The lowest BCUT2D eigenvalue weighted by Crippen LogP contribution is -2.53. The van der Waals surface area contributed by atoms with Crippen LogP contribution in [0.25, 0.3) is 0 Å². The number of hydrogen-bond donors (Lipinski definition) is 1. The van der Waals surface area contributed by atoms with Crippen LogP contribution in [-0.2, 0) is 4.79 Å². The maximum absolute atomic E-state index is 11.5. The molecule has 0 heterocycles. The van der Waals surface area contributed by atoms with Crippen molar-refractivity contribution in [3.63, 3.8) is 0 Å². The number of nitrogens with zero attached hydrogens (tertiary/aromatic N) is 2. The molecule has 0 fully saturated rings. The molecular formula is C18H19N3O. The minimum Gasteiger partial charge on any atom is -0.347 e. The third-order valence-corrected chi connectivity index (χ3v) is 4.33. The average molecular weight is 293 g/mol. The molecule has 1 aromatic rings. The fourth-order valence-corrected chi connectivity index (χ4v) is 3.51. The molecule has 0 radical (unpaired) electrons. The van der Waals surface area contributed by atoms with E-state index in [9.17, 15) is 15.3 Å². The molecule has 1 amide bonds. The Hall–Kier alpha value is -2.59. The summed E-state index contributed by atoms with van der Waals surface area (Å²) >= 11 is 0. The van der Waals surface area contributed by atoms with Crippen molar-refractivity contribution in [2.24, 2.45) is 11.3 Å². The molecule has 1 aliphatic rings. The summed E-state index contributed by atoms with van der Waals surface area (Å²) in [4.78, 5) is 11.5. The number of nitrogens with one attached hydrogen (secondary N) is 1. The topological polar surface area (TPSA) is 76.7 Å². The van der Waals surface area contributed by atoms with E-state index in [2.05, 4.69) is 17.5 Å². The summed E-state index contributed by atoms with van der Waals surface area (Å²) in [5.41, 5.74) is 0.487. The molecule has 0 spiro atoms. The lowest BCUT2D eigenvalue weighted by molar-refractivity contribution is -0.120. The number of nitriles is 2. The molecule has 0 saturated heterocycles. The van der Waals surface area contributed by atoms with Crippen molar-refractivity contribution in [3.05, 3.63) is 47.5 Å². The summed E-state index contributed by atoms with van der Waals surface area (Å²) in [6.07, 6.45) is 2.05. The first-order valence-corrected chi connectivity index (χ1v) is 7.29. The normalized spacial score (nSPS) is 26.2. The Kier molecular flexibility index (Phi) is 4.33. The van der Waals surface area contributed by atoms with Gasteiger partial charge in [-0.2, -0.15) is 10.5 Å². The van der Waals surface area contributed by atoms with Crippen LogP contribution in [0.4, 0.5) is 0 Å². The highest BCUT2D eigenvalue weighted by Crippen LogP contribution is 2.49. The Morgan fingerprint density at radius 1 is 1.23 bits per heavy atom. The summed E-state index contributed by atoms with van der Waals surface area (Å²) in [5, 5.41) is 22.5. The van der Waals surface area contributed by atoms with Gasteiger partial charge in [-0.3, -0.25) is 4.79 Å². The molecule has 112 valence electrons. The zero-order chi connectivity index (χ0) is 16.3. The van der Waals surface area contributed by atoms with Crippen LogP contribution in [0.3, 0.4) is 0 Å². The van der Waals surface area contributed by atoms with Crippen molar-refractivity contribution >= 4 is 5.91 Å². The molecule has 0 aromatic heterocycles. The Balaban J connectivity index is 2.64. The lowest BCUT2D eigenvalue weighted by Gasteiger charge is -2.43. The number of hydrogen-bond acceptors (Lipinski definition) is 3. The highest BCUT2D eigenvalue weighted by atomic mass is 16.1. The first-order valence-electron chi connectivity index (χ1n) is 7.29. The first-order chi connectivity index (χ1) is 10.5. The van der Waals surface area contributed by atoms with E-state index in [-0.39, 0.29) is 17.7 Å². The maximum Gasteiger partial charge on any atom is 0.217 e. The Bertz CT molecular complexity index is 665. The zero-order valence-corrected chi connectivity index (χ0v) is 13.0. The Morgan fingerprint density at radius 3 is 2.32 bits per heavy atom. The number of carbonyl (C=O) groups is 1. The smallest absolute Gasteiger partial charge is 0.217 e. The van der Waals surface area contributed by atoms with Crippen molar-refractivity contribution in [3.8, 4) is 12.1 Å². The highest BCUT2D eigenvalue weighted by Gasteiger charge is 2.52. The summed E-state index contributed by atoms with van der Waals surface area (Å²) in [6, 6.07) is 13.4. The zero-order valence-electron chi connectivity index (χ0n) is 13.0. The second-order valence-corrected chi connectivity index (χ2v) is 5.88. The number of benzene rings is 1. The van der Waals surface area contributed by atoms with Crippen LogP contribution >= 0.6 is 0 Å². The van der Waals surface area contributed by atoms with E-state index in [1.165, 1.54) is 6.92 Å². The van der Waals surface area contributed by atoms with Gasteiger partial charge in [0.25, 0.3) is 0 Å². The highest BCUT2D eigenvalue weighted by molar-refractivity contribution is 5.74. The van der Waals surface area contributed by atoms with E-state index in [1.807, 2.05) is 50.3 Å². The van der Waals surface area contributed by atoms with Gasteiger partial charge in [-0.15, -0.1) is 0 Å². The molecule has 4 nitrogen and oxygen atoms in total. The van der Waals surface area contributed by atoms with Gasteiger partial charge in [0, 0.05) is 12.8 Å². The first kappa shape index (κ1) is 15.8. The van der Waals surface area contributed by atoms with Gasteiger partial charge in [0.15, 0.2) is 5.41 Å². The molecule has 0 saturated carbocycles. The maximum atomic E-state index is 11.5. The summed E-state index contributed by atoms with van der Waals surface area (Å²) < 4.78 is 0. The van der Waals surface area contributed by atoms with E-state index in [4.69, 9.17) is 0 Å². The van der Waals surface area contributed by atoms with Crippen LogP contribution in [-0.4, -0.2) is 11.9 Å². The molecule has 0 aliphatic heterocycles. The number of allylic oxidation sites excluding steroid dienone is 1. The summed E-state index contributed by atoms with van der Waals surface area (Å²) in [6.45, 7) is 5.28. The fourth-order valence-electron chi connectivity index (χ4n) is 3.51. The number of rotatable bonds is 2. The summed E-state index contributed by atoms with van der Waals surface area (Å²) in [7, 11) is 0. The quantitative estimate of drug-likeness (QED) is 0.852. The van der Waals surface area contributed by atoms with Crippen molar-refractivity contribution in [2.75, 3.05) is 0 Å². The van der Waals surface area contributed by atoms with E-state index in [0.717, 1.165) is 11.1 Å². The lowest BCUT2D eigenvalue weighted by atomic mass is 9.59. The average Bonchev–Trinajstić information content (AvgIpc) is 2.50. The molecule has 0 bridgehead atoms. The summed E-state index contributed by atoms with van der Waals surface area (Å²) in [5.74, 6) is -0.495. The van der Waals surface area contributed by atoms with Crippen molar-refractivity contribution in [1.82, 2.24) is 5.32 Å². The molecule has 1 aromatic carbocycles. The van der Waals surface area contributed by atoms with Crippen LogP contribution in [0.15, 0.2) is 42.0 Å². The van der Waals surface area contributed by atoms with Crippen LogP contribution in [0.2, 0.25) is 0 Å². The van der Waals surface area contributed by atoms with Crippen molar-refractivity contribution in [1.29, 1.82) is 10.5 Å². The van der Waals surface area contributed by atoms with Gasteiger partial charge < -0.3 is 5.32 Å². The van der Waals surface area contributed by atoms with E-state index in [0.29, 0.717) is 0 Å². The van der Waals surface area contributed by atoms with E-state index < -0.39 is 11.5 Å². The molecule has 1 N–H and O–H groups in total. The molecule has 4 heteroatoms. The molecule has 0 unspecified atom stereocenters. The third kappa shape index (κ3) is 2.49. The minimum absolute atomic E-state index is 0.0340. The number of carbonyl (C=O) groups excluding carboxylic acids is 1. The van der Waals surface area contributed by atoms with E-state index >= 15 is 0 Å². The largest absolute Gasteiger partial charge is 0.347 e. The van der Waals surface area contributed by atoms with Crippen molar-refractivity contribution < 1.29 is 4.79 Å². The molecule has 22 heavy (non-hydrogen) atoms. The van der Waals surface area contributed by atoms with Gasteiger partial charge in [-0.25, -0.2) is 0 Å². The van der Waals surface area contributed by atoms with Gasteiger partial charge in [0.2, 0.25) is 5.91 Å². The van der Waals surface area contributed by atoms with Gasteiger partial charge >= 0.3 is 0 Å². The second kappa shape index (κ2) is 6.03. The molecule has 3 atom stereocenters. The SMILES string of the molecule is CC(=O)N[C@@H]1C(C)=C[C@H](C)[C@H](c2ccccc2)C1(C#N)C#N. The van der Waals surface area contributed by atoms with Crippen LogP contribution < -0.4 is 5.32 Å². The molecule has 2 rings (SSSR count). The van der Waals surface area contributed by atoms with Crippen LogP contribution in [0.5, 0.6) is 0 Å². The Labute approximate surface area is 131 Å². The van der Waals surface area contributed by atoms with Crippen LogP contribution in [0, 0.1) is 34.0 Å².